The number of aliphatic hydroxyl groups is 1. The number of hydrogen-bond donors (Lipinski definition) is 1. The average molecular weight is 293 g/mol. The second-order valence-electron chi connectivity index (χ2n) is 6.01. The molecule has 2 atom stereocenters. The van der Waals surface area contributed by atoms with Crippen LogP contribution in [0.5, 0.6) is 0 Å². The Bertz CT molecular complexity index is 424. The zero-order valence-corrected chi connectivity index (χ0v) is 13.3. The Kier molecular flexibility index (Phi) is 5.96. The van der Waals surface area contributed by atoms with Gasteiger partial charge >= 0.3 is 0 Å². The van der Waals surface area contributed by atoms with E-state index < -0.39 is 0 Å². The summed E-state index contributed by atoms with van der Waals surface area (Å²) in [5, 5.41) is 9.78. The number of likely N-dealkylation sites (tertiary alicyclic amines) is 1. The van der Waals surface area contributed by atoms with Crippen molar-refractivity contribution in [2.75, 3.05) is 45.3 Å². The molecule has 21 heavy (non-hydrogen) atoms. The van der Waals surface area contributed by atoms with E-state index in [0.29, 0.717) is 12.5 Å². The number of nitrogens with zero attached hydrogens (tertiary/aromatic N) is 3. The molecule has 0 amide bonds. The fourth-order valence-electron chi connectivity index (χ4n) is 2.70. The molecule has 5 heteroatoms. The Morgan fingerprint density at radius 1 is 1.48 bits per heavy atom. The molecule has 0 aromatic carbocycles. The van der Waals surface area contributed by atoms with Gasteiger partial charge in [-0.15, -0.1) is 0 Å². The fraction of sp³-hybridized carbons (Fsp3) is 0.688. The minimum absolute atomic E-state index is 0.142. The number of aromatic nitrogens is 1. The lowest BCUT2D eigenvalue weighted by Crippen LogP contribution is -2.41. The molecule has 1 N–H and O–H groups in total. The first-order valence-electron chi connectivity index (χ1n) is 7.65. The second-order valence-corrected chi connectivity index (χ2v) is 6.01. The minimum atomic E-state index is -0.142. The van der Waals surface area contributed by atoms with Crippen molar-refractivity contribution in [1.82, 2.24) is 9.88 Å². The predicted octanol–water partition coefficient (Wildman–Crippen LogP) is 1.37. The molecule has 1 saturated heterocycles. The van der Waals surface area contributed by atoms with Gasteiger partial charge in [0.2, 0.25) is 0 Å². The third kappa shape index (κ3) is 4.66. The SMILES string of the molecule is COCCN(C)c1ccc(CN2CC[C@H](O)[C@@H](C)C2)cn1. The molecule has 0 bridgehead atoms. The minimum Gasteiger partial charge on any atom is -0.393 e. The molecule has 5 nitrogen and oxygen atoms in total. The van der Waals surface area contributed by atoms with E-state index in [2.05, 4.69) is 33.8 Å². The summed E-state index contributed by atoms with van der Waals surface area (Å²) >= 11 is 0. The highest BCUT2D eigenvalue weighted by Gasteiger charge is 2.23. The Morgan fingerprint density at radius 2 is 2.29 bits per heavy atom. The van der Waals surface area contributed by atoms with Crippen LogP contribution in [-0.2, 0) is 11.3 Å². The molecule has 0 aliphatic carbocycles. The van der Waals surface area contributed by atoms with Crippen LogP contribution < -0.4 is 4.90 Å². The van der Waals surface area contributed by atoms with Crippen molar-refractivity contribution >= 4 is 5.82 Å². The van der Waals surface area contributed by atoms with E-state index in [1.54, 1.807) is 7.11 Å². The molecule has 0 unspecified atom stereocenters. The number of methoxy groups -OCH3 is 1. The van der Waals surface area contributed by atoms with Crippen LogP contribution in [0.2, 0.25) is 0 Å². The van der Waals surface area contributed by atoms with Gasteiger partial charge in [0.1, 0.15) is 5.82 Å². The smallest absolute Gasteiger partial charge is 0.128 e. The van der Waals surface area contributed by atoms with E-state index in [4.69, 9.17) is 4.74 Å². The standard InChI is InChI=1S/C16H27N3O2/c1-13-11-19(7-6-15(13)20)12-14-4-5-16(17-10-14)18(2)8-9-21-3/h4-5,10,13,15,20H,6-9,11-12H2,1-3H3/t13-,15-/m0/s1. The largest absolute Gasteiger partial charge is 0.393 e. The Morgan fingerprint density at radius 3 is 2.90 bits per heavy atom. The van der Waals surface area contributed by atoms with E-state index in [-0.39, 0.29) is 6.10 Å². The van der Waals surface area contributed by atoms with Crippen LogP contribution in [-0.4, -0.2) is 61.5 Å². The first kappa shape index (κ1) is 16.2. The van der Waals surface area contributed by atoms with Crippen molar-refractivity contribution in [3.63, 3.8) is 0 Å². The Balaban J connectivity index is 1.87. The van der Waals surface area contributed by atoms with Crippen molar-refractivity contribution in [1.29, 1.82) is 0 Å². The van der Waals surface area contributed by atoms with Crippen LogP contribution in [0.25, 0.3) is 0 Å². The van der Waals surface area contributed by atoms with E-state index in [1.807, 2.05) is 13.2 Å². The number of pyridine rings is 1. The number of hydrogen-bond acceptors (Lipinski definition) is 5. The molecule has 1 aromatic heterocycles. The number of anilines is 1. The summed E-state index contributed by atoms with van der Waals surface area (Å²) in [4.78, 5) is 9.01. The summed E-state index contributed by atoms with van der Waals surface area (Å²) in [6, 6.07) is 4.20. The third-order valence-electron chi connectivity index (χ3n) is 4.18. The molecule has 0 spiro atoms. The summed E-state index contributed by atoms with van der Waals surface area (Å²) in [6.07, 6.45) is 2.68. The highest BCUT2D eigenvalue weighted by Crippen LogP contribution is 2.19. The molecule has 1 aromatic rings. The van der Waals surface area contributed by atoms with Crippen LogP contribution in [0.15, 0.2) is 18.3 Å². The van der Waals surface area contributed by atoms with Gasteiger partial charge in [0.15, 0.2) is 0 Å². The van der Waals surface area contributed by atoms with Crippen molar-refractivity contribution in [2.45, 2.75) is 26.0 Å². The monoisotopic (exact) mass is 293 g/mol. The fourth-order valence-corrected chi connectivity index (χ4v) is 2.70. The van der Waals surface area contributed by atoms with Crippen LogP contribution in [0.4, 0.5) is 5.82 Å². The van der Waals surface area contributed by atoms with E-state index in [1.165, 1.54) is 5.56 Å². The lowest BCUT2D eigenvalue weighted by atomic mass is 9.96. The number of piperidine rings is 1. The third-order valence-corrected chi connectivity index (χ3v) is 4.18. The number of aliphatic hydroxyl groups excluding tert-OH is 1. The van der Waals surface area contributed by atoms with Crippen LogP contribution in [0.3, 0.4) is 0 Å². The van der Waals surface area contributed by atoms with Gasteiger partial charge in [-0.1, -0.05) is 13.0 Å². The maximum absolute atomic E-state index is 9.78. The van der Waals surface area contributed by atoms with Gasteiger partial charge < -0.3 is 14.7 Å². The maximum atomic E-state index is 9.78. The van der Waals surface area contributed by atoms with Crippen molar-refractivity contribution < 1.29 is 9.84 Å². The summed E-state index contributed by atoms with van der Waals surface area (Å²) in [7, 11) is 3.73. The van der Waals surface area contributed by atoms with Crippen LogP contribution >= 0.6 is 0 Å². The molecule has 1 fully saturated rings. The van der Waals surface area contributed by atoms with Crippen LogP contribution in [0.1, 0.15) is 18.9 Å². The molecule has 1 aliphatic heterocycles. The second kappa shape index (κ2) is 7.73. The van der Waals surface area contributed by atoms with Gasteiger partial charge in [0.05, 0.1) is 12.7 Å². The summed E-state index contributed by atoms with van der Waals surface area (Å²) in [6.45, 7) is 6.48. The van der Waals surface area contributed by atoms with Crippen molar-refractivity contribution in [3.05, 3.63) is 23.9 Å². The Hall–Kier alpha value is -1.17. The highest BCUT2D eigenvalue weighted by atomic mass is 16.5. The van der Waals surface area contributed by atoms with Gasteiger partial charge in [-0.25, -0.2) is 4.98 Å². The average Bonchev–Trinajstić information content (AvgIpc) is 2.49. The topological polar surface area (TPSA) is 48.8 Å². The number of ether oxygens (including phenoxy) is 1. The molecular weight excluding hydrogens is 266 g/mol. The zero-order valence-electron chi connectivity index (χ0n) is 13.3. The van der Waals surface area contributed by atoms with Gasteiger partial charge in [-0.05, 0) is 24.0 Å². The predicted molar refractivity (Wildman–Crippen MR) is 84.4 cm³/mol. The van der Waals surface area contributed by atoms with E-state index in [0.717, 1.165) is 38.4 Å². The van der Waals surface area contributed by atoms with Crippen molar-refractivity contribution in [2.24, 2.45) is 5.92 Å². The molecule has 0 saturated carbocycles. The summed E-state index contributed by atoms with van der Waals surface area (Å²) in [5.41, 5.74) is 1.22. The first-order valence-corrected chi connectivity index (χ1v) is 7.65. The van der Waals surface area contributed by atoms with E-state index >= 15 is 0 Å². The van der Waals surface area contributed by atoms with Crippen molar-refractivity contribution in [3.8, 4) is 0 Å². The zero-order chi connectivity index (χ0) is 15.2. The Labute approximate surface area is 127 Å². The molecule has 1 aliphatic rings. The number of likely N-dealkylation sites (N-methyl/N-ethyl adjacent to an activating group) is 1. The van der Waals surface area contributed by atoms with Gasteiger partial charge in [-0.3, -0.25) is 4.90 Å². The summed E-state index contributed by atoms with van der Waals surface area (Å²) in [5.74, 6) is 1.32. The van der Waals surface area contributed by atoms with E-state index in [9.17, 15) is 5.11 Å². The lowest BCUT2D eigenvalue weighted by molar-refractivity contribution is 0.0320. The molecule has 0 radical (unpaired) electrons. The lowest BCUT2D eigenvalue weighted by Gasteiger charge is -2.34. The highest BCUT2D eigenvalue weighted by molar-refractivity contribution is 5.38. The quantitative estimate of drug-likeness (QED) is 0.858. The van der Waals surface area contributed by atoms with Crippen LogP contribution in [0, 0.1) is 5.92 Å². The molecular formula is C16H27N3O2. The first-order chi connectivity index (χ1) is 10.1. The maximum Gasteiger partial charge on any atom is 0.128 e. The normalized spacial score (nSPS) is 23.2. The van der Waals surface area contributed by atoms with Gasteiger partial charge in [0.25, 0.3) is 0 Å². The van der Waals surface area contributed by atoms with Gasteiger partial charge in [-0.2, -0.15) is 0 Å². The number of rotatable bonds is 6. The van der Waals surface area contributed by atoms with Gasteiger partial charge in [0, 0.05) is 46.5 Å². The molecule has 2 rings (SSSR count). The molecule has 2 heterocycles. The molecule has 118 valence electrons. The summed E-state index contributed by atoms with van der Waals surface area (Å²) < 4.78 is 5.08.